The summed E-state index contributed by atoms with van der Waals surface area (Å²) in [5.74, 6) is 1.85. The van der Waals surface area contributed by atoms with E-state index in [0.29, 0.717) is 6.04 Å². The fourth-order valence-corrected chi connectivity index (χ4v) is 2.90. The van der Waals surface area contributed by atoms with Crippen molar-refractivity contribution >= 4 is 0 Å². The number of hydrogen-bond donors (Lipinski definition) is 1. The van der Waals surface area contributed by atoms with E-state index in [1.807, 2.05) is 6.07 Å². The number of ether oxygens (including phenoxy) is 1. The molecule has 1 aromatic carbocycles. The van der Waals surface area contributed by atoms with E-state index in [9.17, 15) is 0 Å². The highest BCUT2D eigenvalue weighted by Crippen LogP contribution is 2.27. The molecule has 0 spiro atoms. The Morgan fingerprint density at radius 3 is 2.63 bits per heavy atom. The predicted octanol–water partition coefficient (Wildman–Crippen LogP) is 4.14. The average molecular weight is 261 g/mol. The zero-order valence-electron chi connectivity index (χ0n) is 12.5. The number of hydrogen-bond acceptors (Lipinski definition) is 2. The monoisotopic (exact) mass is 261 g/mol. The lowest BCUT2D eigenvalue weighted by atomic mass is 9.99. The van der Waals surface area contributed by atoms with E-state index in [1.165, 1.54) is 31.2 Å². The van der Waals surface area contributed by atoms with Crippen LogP contribution in [0, 0.1) is 5.92 Å². The molecule has 1 N–H and O–H groups in total. The molecule has 1 fully saturated rings. The van der Waals surface area contributed by atoms with Crippen molar-refractivity contribution in [3.05, 3.63) is 29.8 Å². The van der Waals surface area contributed by atoms with E-state index in [0.717, 1.165) is 18.2 Å². The van der Waals surface area contributed by atoms with Crippen molar-refractivity contribution in [2.75, 3.05) is 0 Å². The first-order valence-electron chi connectivity index (χ1n) is 7.64. The van der Waals surface area contributed by atoms with Gasteiger partial charge in [-0.15, -0.1) is 0 Å². The van der Waals surface area contributed by atoms with Gasteiger partial charge in [-0.3, -0.25) is 0 Å². The second-order valence-corrected chi connectivity index (χ2v) is 6.03. The quantitative estimate of drug-likeness (QED) is 0.831. The molecule has 2 rings (SSSR count). The van der Waals surface area contributed by atoms with Gasteiger partial charge in [0.1, 0.15) is 5.75 Å². The van der Waals surface area contributed by atoms with Gasteiger partial charge in [-0.2, -0.15) is 0 Å². The molecular formula is C17H27NO. The average Bonchev–Trinajstić information content (AvgIpc) is 2.89. The molecule has 0 aromatic heterocycles. The lowest BCUT2D eigenvalue weighted by Gasteiger charge is -2.20. The molecule has 1 aliphatic carbocycles. The van der Waals surface area contributed by atoms with Gasteiger partial charge in [0, 0.05) is 12.6 Å². The molecule has 1 saturated carbocycles. The molecular weight excluding hydrogens is 234 g/mol. The molecule has 1 unspecified atom stereocenters. The van der Waals surface area contributed by atoms with Crippen LogP contribution in [-0.2, 0) is 6.54 Å². The highest BCUT2D eigenvalue weighted by atomic mass is 16.5. The molecule has 0 aliphatic heterocycles. The minimum absolute atomic E-state index is 0.237. The Morgan fingerprint density at radius 2 is 1.95 bits per heavy atom. The zero-order chi connectivity index (χ0) is 13.7. The van der Waals surface area contributed by atoms with Crippen molar-refractivity contribution in [1.29, 1.82) is 0 Å². The van der Waals surface area contributed by atoms with E-state index in [-0.39, 0.29) is 6.10 Å². The van der Waals surface area contributed by atoms with E-state index in [4.69, 9.17) is 4.74 Å². The standard InChI is InChI=1S/C17H27NO/c1-13(2)19-17-10-6-7-15(11-17)12-18-14(3)16-8-4-5-9-16/h6-7,10-11,13-14,16,18H,4-5,8-9,12H2,1-3H3. The van der Waals surface area contributed by atoms with Gasteiger partial charge in [0.15, 0.2) is 0 Å². The van der Waals surface area contributed by atoms with Crippen molar-refractivity contribution in [1.82, 2.24) is 5.32 Å². The molecule has 0 bridgehead atoms. The van der Waals surface area contributed by atoms with Gasteiger partial charge in [0.05, 0.1) is 6.10 Å². The fraction of sp³-hybridized carbons (Fsp3) is 0.647. The Kier molecular flexibility index (Phi) is 5.26. The maximum atomic E-state index is 5.73. The summed E-state index contributed by atoms with van der Waals surface area (Å²) in [5.41, 5.74) is 1.31. The van der Waals surface area contributed by atoms with Crippen LogP contribution in [0.3, 0.4) is 0 Å². The van der Waals surface area contributed by atoms with Gasteiger partial charge < -0.3 is 10.1 Å². The summed E-state index contributed by atoms with van der Waals surface area (Å²) >= 11 is 0. The Labute approximate surface area is 117 Å². The molecule has 0 amide bonds. The predicted molar refractivity (Wildman–Crippen MR) is 80.5 cm³/mol. The fourth-order valence-electron chi connectivity index (χ4n) is 2.90. The molecule has 0 saturated heterocycles. The van der Waals surface area contributed by atoms with E-state index >= 15 is 0 Å². The molecule has 1 atom stereocenters. The number of nitrogens with one attached hydrogen (secondary N) is 1. The second kappa shape index (κ2) is 6.95. The molecule has 2 heteroatoms. The third kappa shape index (κ3) is 4.54. The smallest absolute Gasteiger partial charge is 0.120 e. The third-order valence-electron chi connectivity index (χ3n) is 4.01. The summed E-state index contributed by atoms with van der Waals surface area (Å²) < 4.78 is 5.73. The summed E-state index contributed by atoms with van der Waals surface area (Å²) in [6, 6.07) is 9.05. The molecule has 106 valence electrons. The van der Waals surface area contributed by atoms with Crippen LogP contribution in [0.25, 0.3) is 0 Å². The van der Waals surface area contributed by atoms with Gasteiger partial charge in [-0.1, -0.05) is 25.0 Å². The van der Waals surface area contributed by atoms with Crippen molar-refractivity contribution in [3.8, 4) is 5.75 Å². The molecule has 0 heterocycles. The van der Waals surface area contributed by atoms with Crippen LogP contribution in [0.4, 0.5) is 0 Å². The van der Waals surface area contributed by atoms with Crippen molar-refractivity contribution < 1.29 is 4.74 Å². The van der Waals surface area contributed by atoms with Crippen LogP contribution < -0.4 is 10.1 Å². The summed E-state index contributed by atoms with van der Waals surface area (Å²) in [6.45, 7) is 7.39. The minimum atomic E-state index is 0.237. The lowest BCUT2D eigenvalue weighted by molar-refractivity contribution is 0.242. The topological polar surface area (TPSA) is 21.3 Å². The zero-order valence-corrected chi connectivity index (χ0v) is 12.5. The van der Waals surface area contributed by atoms with Crippen LogP contribution in [-0.4, -0.2) is 12.1 Å². The molecule has 0 radical (unpaired) electrons. The van der Waals surface area contributed by atoms with Gasteiger partial charge in [-0.25, -0.2) is 0 Å². The summed E-state index contributed by atoms with van der Waals surface area (Å²) in [5, 5.41) is 3.67. The van der Waals surface area contributed by atoms with Gasteiger partial charge in [0.2, 0.25) is 0 Å². The summed E-state index contributed by atoms with van der Waals surface area (Å²) in [6.07, 6.45) is 5.85. The van der Waals surface area contributed by atoms with Crippen LogP contribution >= 0.6 is 0 Å². The first-order chi connectivity index (χ1) is 9.15. The van der Waals surface area contributed by atoms with Crippen molar-refractivity contribution in [3.63, 3.8) is 0 Å². The van der Waals surface area contributed by atoms with Crippen molar-refractivity contribution in [2.24, 2.45) is 5.92 Å². The highest BCUT2D eigenvalue weighted by Gasteiger charge is 2.20. The van der Waals surface area contributed by atoms with Gasteiger partial charge in [0.25, 0.3) is 0 Å². The van der Waals surface area contributed by atoms with Crippen LogP contribution in [0.5, 0.6) is 5.75 Å². The van der Waals surface area contributed by atoms with Crippen molar-refractivity contribution in [2.45, 2.75) is 65.1 Å². The normalized spacial score (nSPS) is 17.9. The maximum Gasteiger partial charge on any atom is 0.120 e. The molecule has 2 nitrogen and oxygen atoms in total. The molecule has 1 aliphatic rings. The number of benzene rings is 1. The van der Waals surface area contributed by atoms with Crippen LogP contribution in [0.1, 0.15) is 52.0 Å². The van der Waals surface area contributed by atoms with Crippen LogP contribution in [0.15, 0.2) is 24.3 Å². The summed E-state index contributed by atoms with van der Waals surface area (Å²) in [7, 11) is 0. The second-order valence-electron chi connectivity index (χ2n) is 6.03. The van der Waals surface area contributed by atoms with Crippen LogP contribution in [0.2, 0.25) is 0 Å². The lowest BCUT2D eigenvalue weighted by Crippen LogP contribution is -2.31. The Morgan fingerprint density at radius 1 is 1.21 bits per heavy atom. The van der Waals surface area contributed by atoms with Gasteiger partial charge >= 0.3 is 0 Å². The Hall–Kier alpha value is -1.02. The largest absolute Gasteiger partial charge is 0.491 e. The Bertz CT molecular complexity index is 383. The molecule has 1 aromatic rings. The van der Waals surface area contributed by atoms with Gasteiger partial charge in [-0.05, 0) is 57.2 Å². The van der Waals surface area contributed by atoms with E-state index in [2.05, 4.69) is 44.3 Å². The maximum absolute atomic E-state index is 5.73. The first-order valence-corrected chi connectivity index (χ1v) is 7.64. The minimum Gasteiger partial charge on any atom is -0.491 e. The van der Waals surface area contributed by atoms with E-state index in [1.54, 1.807) is 0 Å². The first kappa shape index (κ1) is 14.4. The molecule has 19 heavy (non-hydrogen) atoms. The summed E-state index contributed by atoms with van der Waals surface area (Å²) in [4.78, 5) is 0. The highest BCUT2D eigenvalue weighted by molar-refractivity contribution is 5.28. The SMILES string of the molecule is CC(C)Oc1cccc(CNC(C)C2CCCC2)c1. The number of rotatable bonds is 6. The Balaban J connectivity index is 1.84. The third-order valence-corrected chi connectivity index (χ3v) is 4.01. The van der Waals surface area contributed by atoms with E-state index < -0.39 is 0 Å².